The van der Waals surface area contributed by atoms with Gasteiger partial charge in [0.1, 0.15) is 11.0 Å². The zero-order chi connectivity index (χ0) is 30.9. The lowest BCUT2D eigenvalue weighted by atomic mass is 9.87. The fourth-order valence-electron chi connectivity index (χ4n) is 5.93. The van der Waals surface area contributed by atoms with E-state index in [1.165, 1.54) is 5.56 Å². The van der Waals surface area contributed by atoms with Crippen LogP contribution in [0.15, 0.2) is 47.5 Å². The molecule has 1 amide bonds. The van der Waals surface area contributed by atoms with Crippen LogP contribution in [-0.4, -0.2) is 47.5 Å². The van der Waals surface area contributed by atoms with Gasteiger partial charge in [0.25, 0.3) is 5.56 Å². The van der Waals surface area contributed by atoms with Crippen LogP contribution in [0.25, 0.3) is 16.7 Å². The molecule has 0 bridgehead atoms. The number of hydrogen-bond donors (Lipinski definition) is 1. The van der Waals surface area contributed by atoms with Crippen LogP contribution in [0.4, 0.5) is 16.4 Å². The minimum Gasteiger partial charge on any atom is -0.444 e. The SMILES string of the molecule is CC(C)n1c(=O)c2cnc(Nc3ccc4c(c3)CN(C(=O)OC(C)(C)C)CC43CC3)nc2n1-c1ccnc(C(C)(C)C)c1. The van der Waals surface area contributed by atoms with Crippen molar-refractivity contribution in [1.82, 2.24) is 29.2 Å². The molecule has 0 radical (unpaired) electrons. The van der Waals surface area contributed by atoms with E-state index < -0.39 is 5.60 Å². The van der Waals surface area contributed by atoms with Gasteiger partial charge in [0.2, 0.25) is 5.95 Å². The average Bonchev–Trinajstić information content (AvgIpc) is 3.62. The predicted octanol–water partition coefficient (Wildman–Crippen LogP) is 6.38. The Labute approximate surface area is 252 Å². The Hall–Kier alpha value is -4.21. The average molecular weight is 584 g/mol. The van der Waals surface area contributed by atoms with Crippen molar-refractivity contribution in [2.24, 2.45) is 0 Å². The van der Waals surface area contributed by atoms with E-state index in [4.69, 9.17) is 9.72 Å². The van der Waals surface area contributed by atoms with Crippen molar-refractivity contribution >= 4 is 28.8 Å². The van der Waals surface area contributed by atoms with Crippen LogP contribution < -0.4 is 10.9 Å². The maximum Gasteiger partial charge on any atom is 0.410 e. The molecular formula is C33H41N7O3. The smallest absolute Gasteiger partial charge is 0.410 e. The van der Waals surface area contributed by atoms with Gasteiger partial charge in [-0.15, -0.1) is 0 Å². The molecule has 10 nitrogen and oxygen atoms in total. The lowest BCUT2D eigenvalue weighted by Gasteiger charge is -2.36. The van der Waals surface area contributed by atoms with E-state index in [2.05, 4.69) is 48.2 Å². The van der Waals surface area contributed by atoms with Gasteiger partial charge in [-0.25, -0.2) is 19.1 Å². The zero-order valence-corrected chi connectivity index (χ0v) is 26.4. The number of hydrogen-bond acceptors (Lipinski definition) is 7. The Morgan fingerprint density at radius 3 is 2.44 bits per heavy atom. The van der Waals surface area contributed by atoms with Crippen LogP contribution in [0, 0.1) is 0 Å². The summed E-state index contributed by atoms with van der Waals surface area (Å²) in [5.41, 5.74) is 4.62. The minimum absolute atomic E-state index is 0.00467. The van der Waals surface area contributed by atoms with Crippen LogP contribution in [0.2, 0.25) is 0 Å². The first-order chi connectivity index (χ1) is 20.1. The van der Waals surface area contributed by atoms with Gasteiger partial charge < -0.3 is 15.0 Å². The second kappa shape index (κ2) is 9.92. The van der Waals surface area contributed by atoms with E-state index in [0.29, 0.717) is 30.1 Å². The monoisotopic (exact) mass is 583 g/mol. The van der Waals surface area contributed by atoms with E-state index >= 15 is 0 Å². The highest BCUT2D eigenvalue weighted by Gasteiger charge is 2.50. The first-order valence-electron chi connectivity index (χ1n) is 15.0. The van der Waals surface area contributed by atoms with Crippen LogP contribution in [0.5, 0.6) is 0 Å². The molecule has 6 rings (SSSR count). The van der Waals surface area contributed by atoms with Gasteiger partial charge in [0.05, 0.1) is 5.69 Å². The summed E-state index contributed by atoms with van der Waals surface area (Å²) in [7, 11) is 0. The number of nitrogens with one attached hydrogen (secondary N) is 1. The summed E-state index contributed by atoms with van der Waals surface area (Å²) in [4.78, 5) is 42.2. The highest BCUT2D eigenvalue weighted by molar-refractivity contribution is 5.77. The number of carbonyl (C=O) groups is 1. The molecule has 10 heteroatoms. The van der Waals surface area contributed by atoms with Gasteiger partial charge in [0.15, 0.2) is 5.65 Å². The van der Waals surface area contributed by atoms with Crippen LogP contribution in [0.1, 0.15) is 91.1 Å². The van der Waals surface area contributed by atoms with Gasteiger partial charge in [-0.2, -0.15) is 4.98 Å². The second-order valence-corrected chi connectivity index (χ2v) is 14.2. The maximum atomic E-state index is 13.5. The molecule has 4 heterocycles. The largest absolute Gasteiger partial charge is 0.444 e. The minimum atomic E-state index is -0.548. The number of benzene rings is 1. The molecule has 3 aromatic heterocycles. The normalized spacial score (nSPS) is 16.1. The third-order valence-corrected chi connectivity index (χ3v) is 8.16. The number of nitrogens with zero attached hydrogens (tertiary/aromatic N) is 6. The number of rotatable bonds is 4. The third kappa shape index (κ3) is 5.39. The molecule has 4 aromatic rings. The van der Waals surface area contributed by atoms with Crippen molar-refractivity contribution in [2.45, 2.75) is 97.2 Å². The standard InChI is InChI=1S/C33H41N7O3/c1-20(2)39-28(41)24-17-35-29(37-27(24)40(39)23-11-14-34-26(16-23)31(3,4)5)36-22-9-10-25-21(15-22)18-38(19-33(25)12-13-33)30(42)43-32(6,7)8/h9-11,14-17,20H,12-13,18-19H2,1-8H3,(H,35,36,37). The van der Waals surface area contributed by atoms with E-state index in [1.54, 1.807) is 17.1 Å². The lowest BCUT2D eigenvalue weighted by Crippen LogP contribution is -2.44. The summed E-state index contributed by atoms with van der Waals surface area (Å²) in [6.45, 7) is 17.1. The van der Waals surface area contributed by atoms with E-state index in [1.807, 2.05) is 62.4 Å². The molecule has 1 N–H and O–H groups in total. The Bertz CT molecular complexity index is 1780. The molecule has 1 aliphatic heterocycles. The second-order valence-electron chi connectivity index (χ2n) is 14.2. The molecule has 1 saturated carbocycles. The van der Waals surface area contributed by atoms with Crippen molar-refractivity contribution in [1.29, 1.82) is 0 Å². The van der Waals surface area contributed by atoms with Gasteiger partial charge in [0, 0.05) is 53.7 Å². The van der Waals surface area contributed by atoms with E-state index in [0.717, 1.165) is 35.5 Å². The molecule has 1 spiro atoms. The summed E-state index contributed by atoms with van der Waals surface area (Å²) in [6.07, 6.45) is 5.20. The fraction of sp³-hybridized carbons (Fsp3) is 0.485. The summed E-state index contributed by atoms with van der Waals surface area (Å²) in [5.74, 6) is 0.383. The highest BCUT2D eigenvalue weighted by atomic mass is 16.6. The zero-order valence-electron chi connectivity index (χ0n) is 26.4. The van der Waals surface area contributed by atoms with Crippen molar-refractivity contribution in [3.8, 4) is 5.69 Å². The van der Waals surface area contributed by atoms with Crippen LogP contribution in [-0.2, 0) is 22.1 Å². The molecule has 1 aliphatic carbocycles. The maximum absolute atomic E-state index is 13.5. The highest BCUT2D eigenvalue weighted by Crippen LogP contribution is 2.53. The van der Waals surface area contributed by atoms with Crippen molar-refractivity contribution < 1.29 is 9.53 Å². The molecule has 226 valence electrons. The van der Waals surface area contributed by atoms with Gasteiger partial charge in [-0.05, 0) is 82.9 Å². The van der Waals surface area contributed by atoms with E-state index in [9.17, 15) is 9.59 Å². The number of anilines is 2. The number of carbonyl (C=O) groups excluding carboxylic acids is 1. The quantitative estimate of drug-likeness (QED) is 0.297. The van der Waals surface area contributed by atoms with E-state index in [-0.39, 0.29) is 28.5 Å². The number of fused-ring (bicyclic) bond motifs is 3. The molecule has 1 fully saturated rings. The number of ether oxygens (including phenoxy) is 1. The Morgan fingerprint density at radius 1 is 1.05 bits per heavy atom. The number of pyridine rings is 1. The van der Waals surface area contributed by atoms with Crippen LogP contribution in [0.3, 0.4) is 0 Å². The lowest BCUT2D eigenvalue weighted by molar-refractivity contribution is 0.0197. The summed E-state index contributed by atoms with van der Waals surface area (Å²) in [5, 5.41) is 3.80. The number of aromatic nitrogens is 5. The topological polar surface area (TPSA) is 107 Å². The van der Waals surface area contributed by atoms with Crippen molar-refractivity contribution in [3.63, 3.8) is 0 Å². The molecule has 0 atom stereocenters. The predicted molar refractivity (Wildman–Crippen MR) is 167 cm³/mol. The summed E-state index contributed by atoms with van der Waals surface area (Å²) >= 11 is 0. The molecule has 2 aliphatic rings. The molecule has 0 unspecified atom stereocenters. The van der Waals surface area contributed by atoms with Gasteiger partial charge in [-0.3, -0.25) is 9.78 Å². The summed E-state index contributed by atoms with van der Waals surface area (Å²) in [6, 6.07) is 10.1. The Balaban J connectivity index is 1.37. The van der Waals surface area contributed by atoms with Crippen molar-refractivity contribution in [3.05, 3.63) is 69.9 Å². The first kappa shape index (κ1) is 28.9. The Morgan fingerprint density at radius 2 is 1.79 bits per heavy atom. The van der Waals surface area contributed by atoms with Crippen LogP contribution >= 0.6 is 0 Å². The molecule has 0 saturated heterocycles. The molecule has 1 aromatic carbocycles. The fourth-order valence-corrected chi connectivity index (χ4v) is 5.93. The van der Waals surface area contributed by atoms with Crippen molar-refractivity contribution in [2.75, 3.05) is 11.9 Å². The number of amides is 1. The van der Waals surface area contributed by atoms with Gasteiger partial charge >= 0.3 is 6.09 Å². The molecular weight excluding hydrogens is 542 g/mol. The molecule has 43 heavy (non-hydrogen) atoms. The first-order valence-corrected chi connectivity index (χ1v) is 15.0. The van der Waals surface area contributed by atoms with Gasteiger partial charge in [-0.1, -0.05) is 26.8 Å². The Kier molecular flexibility index (Phi) is 6.67. The summed E-state index contributed by atoms with van der Waals surface area (Å²) < 4.78 is 9.28. The third-order valence-electron chi connectivity index (χ3n) is 8.16.